The number of thioether (sulfide) groups is 1. The molecule has 2 aromatic heterocycles. The van der Waals surface area contributed by atoms with E-state index in [1.807, 2.05) is 24.0 Å². The molecule has 0 aromatic carbocycles. The second kappa shape index (κ2) is 7.34. The maximum absolute atomic E-state index is 12.6. The van der Waals surface area contributed by atoms with Crippen LogP contribution in [-0.2, 0) is 4.79 Å². The normalized spacial score (nSPS) is 18.9. The molecule has 1 unspecified atom stereocenters. The van der Waals surface area contributed by atoms with E-state index in [0.717, 1.165) is 22.4 Å². The zero-order chi connectivity index (χ0) is 19.0. The fourth-order valence-corrected chi connectivity index (χ4v) is 4.56. The molecule has 0 aliphatic carbocycles. The number of carbonyl (C=O) groups excluding carboxylic acids is 1. The van der Waals surface area contributed by atoms with E-state index in [0.29, 0.717) is 37.6 Å². The molecule has 1 saturated heterocycles. The smallest absolute Gasteiger partial charge is 0.257 e. The Morgan fingerprint density at radius 2 is 2.19 bits per heavy atom. The molecule has 0 radical (unpaired) electrons. The van der Waals surface area contributed by atoms with Crippen molar-refractivity contribution < 1.29 is 9.53 Å². The largest absolute Gasteiger partial charge is 0.492 e. The number of amides is 1. The van der Waals surface area contributed by atoms with Crippen molar-refractivity contribution >= 4 is 17.7 Å². The van der Waals surface area contributed by atoms with Gasteiger partial charge in [0.25, 0.3) is 5.56 Å². The van der Waals surface area contributed by atoms with Crippen LogP contribution in [-0.4, -0.2) is 50.8 Å². The molecule has 2 aliphatic heterocycles. The third kappa shape index (κ3) is 3.58. The van der Waals surface area contributed by atoms with Gasteiger partial charge in [-0.2, -0.15) is 0 Å². The highest BCUT2D eigenvalue weighted by atomic mass is 32.2. The lowest BCUT2D eigenvalue weighted by molar-refractivity contribution is -0.138. The third-order valence-corrected chi connectivity index (χ3v) is 6.26. The standard InChI is InChI=1S/C19H22N4O3S/c1-12-13(2)21-19-23(18(12)25)15(11-27-19)6-17(24)22-8-14(9-22)10-26-16-4-3-5-20-7-16/h3-5,7,14-15H,6,8-11H2,1-2H3. The van der Waals surface area contributed by atoms with E-state index in [-0.39, 0.29) is 17.5 Å². The first-order valence-corrected chi connectivity index (χ1v) is 10.0. The number of aromatic nitrogens is 3. The summed E-state index contributed by atoms with van der Waals surface area (Å²) in [5.74, 6) is 1.91. The quantitative estimate of drug-likeness (QED) is 0.730. The lowest BCUT2D eigenvalue weighted by Gasteiger charge is -2.39. The van der Waals surface area contributed by atoms with Crippen molar-refractivity contribution in [1.29, 1.82) is 0 Å². The SMILES string of the molecule is Cc1nc2n(c(=O)c1C)C(CC(=O)N1CC(COc3cccnc3)C1)CS2. The second-order valence-corrected chi connectivity index (χ2v) is 8.10. The Hall–Kier alpha value is -2.35. The monoisotopic (exact) mass is 386 g/mol. The van der Waals surface area contributed by atoms with Gasteiger partial charge in [0.05, 0.1) is 18.8 Å². The molecule has 0 spiro atoms. The average molecular weight is 386 g/mol. The number of ether oxygens (including phenoxy) is 1. The van der Waals surface area contributed by atoms with E-state index in [1.165, 1.54) is 0 Å². The number of hydrogen-bond donors (Lipinski definition) is 0. The molecule has 0 N–H and O–H groups in total. The second-order valence-electron chi connectivity index (χ2n) is 7.11. The molecule has 1 atom stereocenters. The number of hydrogen-bond acceptors (Lipinski definition) is 6. The number of pyridine rings is 1. The van der Waals surface area contributed by atoms with Crippen LogP contribution in [0.25, 0.3) is 0 Å². The van der Waals surface area contributed by atoms with Gasteiger partial charge in [0.1, 0.15) is 5.75 Å². The Bertz CT molecular complexity index is 909. The van der Waals surface area contributed by atoms with Crippen molar-refractivity contribution in [1.82, 2.24) is 19.4 Å². The van der Waals surface area contributed by atoms with Gasteiger partial charge < -0.3 is 9.64 Å². The van der Waals surface area contributed by atoms with E-state index in [1.54, 1.807) is 35.6 Å². The number of fused-ring (bicyclic) bond motifs is 1. The summed E-state index contributed by atoms with van der Waals surface area (Å²) in [6.45, 7) is 5.63. The van der Waals surface area contributed by atoms with Crippen LogP contribution in [0, 0.1) is 19.8 Å². The van der Waals surface area contributed by atoms with Crippen molar-refractivity contribution in [3.63, 3.8) is 0 Å². The van der Waals surface area contributed by atoms with Gasteiger partial charge in [-0.3, -0.25) is 19.1 Å². The summed E-state index contributed by atoms with van der Waals surface area (Å²) < 4.78 is 7.40. The van der Waals surface area contributed by atoms with Gasteiger partial charge in [0.2, 0.25) is 5.91 Å². The molecular weight excluding hydrogens is 364 g/mol. The lowest BCUT2D eigenvalue weighted by atomic mass is 10.00. The van der Waals surface area contributed by atoms with E-state index >= 15 is 0 Å². The molecule has 27 heavy (non-hydrogen) atoms. The molecule has 1 amide bonds. The summed E-state index contributed by atoms with van der Waals surface area (Å²) in [6, 6.07) is 3.60. The van der Waals surface area contributed by atoms with Crippen molar-refractivity contribution in [2.75, 3.05) is 25.4 Å². The van der Waals surface area contributed by atoms with Gasteiger partial charge >= 0.3 is 0 Å². The molecule has 2 aliphatic rings. The summed E-state index contributed by atoms with van der Waals surface area (Å²) in [5.41, 5.74) is 1.41. The predicted molar refractivity (Wildman–Crippen MR) is 102 cm³/mol. The van der Waals surface area contributed by atoms with Crippen LogP contribution in [0.4, 0.5) is 0 Å². The number of carbonyl (C=O) groups is 1. The summed E-state index contributed by atoms with van der Waals surface area (Å²) >= 11 is 1.55. The fraction of sp³-hybridized carbons (Fsp3) is 0.474. The molecule has 7 nitrogen and oxygen atoms in total. The topological polar surface area (TPSA) is 77.3 Å². The predicted octanol–water partition coefficient (Wildman–Crippen LogP) is 1.83. The van der Waals surface area contributed by atoms with Crippen LogP contribution >= 0.6 is 11.8 Å². The number of likely N-dealkylation sites (tertiary alicyclic amines) is 1. The molecule has 0 saturated carbocycles. The van der Waals surface area contributed by atoms with Crippen LogP contribution < -0.4 is 10.3 Å². The van der Waals surface area contributed by atoms with Crippen molar-refractivity contribution in [3.8, 4) is 5.75 Å². The van der Waals surface area contributed by atoms with Gasteiger partial charge in [0, 0.05) is 48.6 Å². The molecule has 0 bridgehead atoms. The van der Waals surface area contributed by atoms with Gasteiger partial charge in [-0.1, -0.05) is 11.8 Å². The van der Waals surface area contributed by atoms with Crippen molar-refractivity contribution in [2.45, 2.75) is 31.5 Å². The zero-order valence-electron chi connectivity index (χ0n) is 15.4. The molecule has 2 aromatic rings. The van der Waals surface area contributed by atoms with Crippen LogP contribution in [0.1, 0.15) is 23.7 Å². The van der Waals surface area contributed by atoms with Crippen LogP contribution in [0.2, 0.25) is 0 Å². The van der Waals surface area contributed by atoms with E-state index < -0.39 is 0 Å². The Morgan fingerprint density at radius 1 is 1.37 bits per heavy atom. The molecule has 8 heteroatoms. The summed E-state index contributed by atoms with van der Waals surface area (Å²) in [6.07, 6.45) is 3.74. The minimum Gasteiger partial charge on any atom is -0.492 e. The van der Waals surface area contributed by atoms with Gasteiger partial charge in [0.15, 0.2) is 5.16 Å². The fourth-order valence-electron chi connectivity index (χ4n) is 3.38. The zero-order valence-corrected chi connectivity index (χ0v) is 16.2. The molecule has 4 rings (SSSR count). The van der Waals surface area contributed by atoms with Gasteiger partial charge in [-0.15, -0.1) is 0 Å². The highest BCUT2D eigenvalue weighted by molar-refractivity contribution is 7.99. The van der Waals surface area contributed by atoms with Crippen molar-refractivity contribution in [2.24, 2.45) is 5.92 Å². The first-order chi connectivity index (χ1) is 13.0. The highest BCUT2D eigenvalue weighted by Crippen LogP contribution is 2.33. The van der Waals surface area contributed by atoms with Gasteiger partial charge in [-0.25, -0.2) is 4.98 Å². The van der Waals surface area contributed by atoms with E-state index in [4.69, 9.17) is 4.74 Å². The Kier molecular flexibility index (Phi) is 4.90. The number of rotatable bonds is 5. The third-order valence-electron chi connectivity index (χ3n) is 5.16. The maximum atomic E-state index is 12.6. The lowest BCUT2D eigenvalue weighted by Crippen LogP contribution is -2.52. The number of aryl methyl sites for hydroxylation is 1. The van der Waals surface area contributed by atoms with E-state index in [9.17, 15) is 9.59 Å². The summed E-state index contributed by atoms with van der Waals surface area (Å²) in [4.78, 5) is 35.5. The molecular formula is C19H22N4O3S. The average Bonchev–Trinajstić information content (AvgIpc) is 3.01. The molecule has 4 heterocycles. The Labute approximate surface area is 161 Å². The van der Waals surface area contributed by atoms with Crippen LogP contribution in [0.5, 0.6) is 5.75 Å². The van der Waals surface area contributed by atoms with E-state index in [2.05, 4.69) is 9.97 Å². The molecule has 1 fully saturated rings. The molecule has 142 valence electrons. The summed E-state index contributed by atoms with van der Waals surface area (Å²) in [7, 11) is 0. The van der Waals surface area contributed by atoms with Crippen molar-refractivity contribution in [3.05, 3.63) is 46.1 Å². The first kappa shape index (κ1) is 18.0. The maximum Gasteiger partial charge on any atom is 0.257 e. The van der Waals surface area contributed by atoms with Gasteiger partial charge in [-0.05, 0) is 26.0 Å². The minimum absolute atomic E-state index is 0.0216. The highest BCUT2D eigenvalue weighted by Gasteiger charge is 2.35. The first-order valence-electron chi connectivity index (χ1n) is 9.06. The summed E-state index contributed by atoms with van der Waals surface area (Å²) in [5, 5.41) is 0.729. The van der Waals surface area contributed by atoms with Crippen LogP contribution in [0.15, 0.2) is 34.5 Å². The minimum atomic E-state index is -0.109. The Balaban J connectivity index is 1.31. The van der Waals surface area contributed by atoms with Crippen LogP contribution in [0.3, 0.4) is 0 Å². The Morgan fingerprint density at radius 3 is 2.93 bits per heavy atom. The number of nitrogens with zero attached hydrogens (tertiary/aromatic N) is 4.